The molecule has 1 saturated heterocycles. The van der Waals surface area contributed by atoms with Crippen molar-refractivity contribution in [3.63, 3.8) is 0 Å². The molecule has 0 atom stereocenters. The lowest BCUT2D eigenvalue weighted by molar-refractivity contribution is -0.108. The van der Waals surface area contributed by atoms with Gasteiger partial charge in [-0.2, -0.15) is 9.47 Å². The third kappa shape index (κ3) is 4.21. The van der Waals surface area contributed by atoms with E-state index in [1.165, 1.54) is 30.8 Å². The van der Waals surface area contributed by atoms with Crippen molar-refractivity contribution >= 4 is 34.3 Å². The van der Waals surface area contributed by atoms with E-state index in [-0.39, 0.29) is 6.54 Å². The van der Waals surface area contributed by atoms with Crippen molar-refractivity contribution in [2.24, 2.45) is 0 Å². The van der Waals surface area contributed by atoms with Gasteiger partial charge in [-0.15, -0.1) is 0 Å². The molecule has 5 rings (SSSR count). The summed E-state index contributed by atoms with van der Waals surface area (Å²) in [4.78, 5) is 22.5. The zero-order valence-corrected chi connectivity index (χ0v) is 18.2. The number of imidazole rings is 1. The molecule has 5 heterocycles. The SMILES string of the molecule is Cc1cn2c(-c3cnn(CC=O)c3)cnc2c(Nc2cc(CN3CCCCC3)ns2)n1. The summed E-state index contributed by atoms with van der Waals surface area (Å²) >= 11 is 1.45. The number of rotatable bonds is 7. The van der Waals surface area contributed by atoms with Crippen LogP contribution in [0.15, 0.2) is 30.9 Å². The molecule has 0 unspecified atom stereocenters. The third-order valence-corrected chi connectivity index (χ3v) is 6.18. The van der Waals surface area contributed by atoms with Crippen LogP contribution in [0.25, 0.3) is 16.9 Å². The predicted molar refractivity (Wildman–Crippen MR) is 120 cm³/mol. The molecule has 4 aromatic rings. The van der Waals surface area contributed by atoms with Gasteiger partial charge in [-0.25, -0.2) is 9.97 Å². The summed E-state index contributed by atoms with van der Waals surface area (Å²) in [5.74, 6) is 0.694. The van der Waals surface area contributed by atoms with E-state index in [4.69, 9.17) is 0 Å². The largest absolute Gasteiger partial charge is 0.328 e. The molecule has 0 amide bonds. The van der Waals surface area contributed by atoms with Crippen LogP contribution < -0.4 is 5.32 Å². The number of aldehydes is 1. The van der Waals surface area contributed by atoms with Gasteiger partial charge in [-0.05, 0) is 50.5 Å². The van der Waals surface area contributed by atoms with Crippen LogP contribution in [0.2, 0.25) is 0 Å². The zero-order valence-electron chi connectivity index (χ0n) is 17.4. The van der Waals surface area contributed by atoms with Gasteiger partial charge in [0.05, 0.1) is 36.0 Å². The van der Waals surface area contributed by atoms with E-state index in [0.717, 1.165) is 59.2 Å². The number of hydrogen-bond donors (Lipinski definition) is 1. The minimum absolute atomic E-state index is 0.231. The Labute approximate surface area is 183 Å². The lowest BCUT2D eigenvalue weighted by Crippen LogP contribution is -2.29. The Hall–Kier alpha value is -3.11. The second kappa shape index (κ2) is 8.56. The van der Waals surface area contributed by atoms with Crippen molar-refractivity contribution in [2.75, 3.05) is 18.4 Å². The molecule has 160 valence electrons. The fourth-order valence-corrected chi connectivity index (χ4v) is 4.64. The van der Waals surface area contributed by atoms with Crippen molar-refractivity contribution in [1.82, 2.24) is 33.4 Å². The highest BCUT2D eigenvalue weighted by molar-refractivity contribution is 7.10. The van der Waals surface area contributed by atoms with E-state index in [2.05, 4.69) is 35.7 Å². The van der Waals surface area contributed by atoms with Crippen LogP contribution in [-0.2, 0) is 17.9 Å². The topological polar surface area (TPSA) is 93.2 Å². The molecule has 31 heavy (non-hydrogen) atoms. The number of hydrogen-bond acceptors (Lipinski definition) is 8. The van der Waals surface area contributed by atoms with Gasteiger partial charge in [0.1, 0.15) is 11.3 Å². The highest BCUT2D eigenvalue weighted by atomic mass is 32.1. The summed E-state index contributed by atoms with van der Waals surface area (Å²) in [6, 6.07) is 2.10. The minimum Gasteiger partial charge on any atom is -0.328 e. The number of carbonyl (C=O) groups excluding carboxylic acids is 1. The van der Waals surface area contributed by atoms with Crippen LogP contribution in [0.1, 0.15) is 30.7 Å². The average molecular weight is 437 g/mol. The maximum atomic E-state index is 10.8. The Bertz CT molecular complexity index is 1200. The van der Waals surface area contributed by atoms with Crippen molar-refractivity contribution in [3.05, 3.63) is 42.2 Å². The predicted octanol–water partition coefficient (Wildman–Crippen LogP) is 3.29. The van der Waals surface area contributed by atoms with Crippen molar-refractivity contribution in [2.45, 2.75) is 39.3 Å². The molecule has 1 N–H and O–H groups in total. The molecule has 1 fully saturated rings. The molecule has 0 spiro atoms. The second-order valence-electron chi connectivity index (χ2n) is 7.83. The minimum atomic E-state index is 0.231. The standard InChI is InChI=1S/C21H24N8OS/c1-15-12-29-18(16-10-23-28(13-16)7-8-30)11-22-21(29)20(24-15)25-19-9-17(26-31-19)14-27-5-3-2-4-6-27/h8-13H,2-7,14H2,1H3,(H,24,25). The number of nitrogens with zero attached hydrogens (tertiary/aromatic N) is 7. The van der Waals surface area contributed by atoms with E-state index in [1.54, 1.807) is 17.1 Å². The summed E-state index contributed by atoms with van der Waals surface area (Å²) in [6.07, 6.45) is 12.1. The molecular formula is C21H24N8OS. The van der Waals surface area contributed by atoms with Crippen molar-refractivity contribution in [3.8, 4) is 11.3 Å². The van der Waals surface area contributed by atoms with Crippen molar-refractivity contribution in [1.29, 1.82) is 0 Å². The Balaban J connectivity index is 1.40. The first-order valence-corrected chi connectivity index (χ1v) is 11.2. The number of piperidine rings is 1. The van der Waals surface area contributed by atoms with Gasteiger partial charge in [0, 0.05) is 24.5 Å². The Morgan fingerprint density at radius 2 is 2.06 bits per heavy atom. The van der Waals surface area contributed by atoms with Gasteiger partial charge >= 0.3 is 0 Å². The van der Waals surface area contributed by atoms with Crippen LogP contribution >= 0.6 is 11.5 Å². The number of aromatic nitrogens is 6. The molecule has 1 aliphatic heterocycles. The number of aryl methyl sites for hydroxylation is 1. The third-order valence-electron chi connectivity index (χ3n) is 5.44. The Morgan fingerprint density at radius 1 is 1.19 bits per heavy atom. The summed E-state index contributed by atoms with van der Waals surface area (Å²) in [7, 11) is 0. The molecule has 0 radical (unpaired) electrons. The van der Waals surface area contributed by atoms with Gasteiger partial charge in [0.2, 0.25) is 0 Å². The highest BCUT2D eigenvalue weighted by Gasteiger charge is 2.16. The highest BCUT2D eigenvalue weighted by Crippen LogP contribution is 2.28. The molecule has 9 nitrogen and oxygen atoms in total. The number of carbonyl (C=O) groups is 1. The van der Waals surface area contributed by atoms with Gasteiger partial charge in [-0.1, -0.05) is 6.42 Å². The van der Waals surface area contributed by atoms with Crippen LogP contribution in [0.4, 0.5) is 10.8 Å². The molecule has 0 bridgehead atoms. The molecule has 4 aromatic heterocycles. The molecule has 1 aliphatic rings. The van der Waals surface area contributed by atoms with Gasteiger partial charge in [0.25, 0.3) is 0 Å². The van der Waals surface area contributed by atoms with Crippen molar-refractivity contribution < 1.29 is 4.79 Å². The first kappa shape index (κ1) is 19.8. The van der Waals surface area contributed by atoms with E-state index in [0.29, 0.717) is 5.82 Å². The summed E-state index contributed by atoms with van der Waals surface area (Å²) in [5, 5.41) is 8.60. The van der Waals surface area contributed by atoms with Crippen LogP contribution in [0.3, 0.4) is 0 Å². The quantitative estimate of drug-likeness (QED) is 0.444. The number of fused-ring (bicyclic) bond motifs is 1. The Kier molecular flexibility index (Phi) is 5.47. The first-order chi connectivity index (χ1) is 15.2. The molecule has 0 saturated carbocycles. The van der Waals surface area contributed by atoms with Gasteiger partial charge in [0.15, 0.2) is 11.5 Å². The normalized spacial score (nSPS) is 14.9. The van der Waals surface area contributed by atoms with E-state index in [1.807, 2.05) is 23.7 Å². The fourth-order valence-electron chi connectivity index (χ4n) is 3.99. The first-order valence-electron chi connectivity index (χ1n) is 10.5. The van der Waals surface area contributed by atoms with E-state index >= 15 is 0 Å². The van der Waals surface area contributed by atoms with Crippen LogP contribution in [-0.4, -0.2) is 52.8 Å². The maximum Gasteiger partial charge on any atom is 0.180 e. The molecule has 10 heteroatoms. The average Bonchev–Trinajstić information content (AvgIpc) is 3.49. The molecular weight excluding hydrogens is 412 g/mol. The van der Waals surface area contributed by atoms with E-state index < -0.39 is 0 Å². The lowest BCUT2D eigenvalue weighted by atomic mass is 10.1. The fraction of sp³-hybridized carbons (Fsp3) is 0.381. The molecule has 0 aromatic carbocycles. The number of anilines is 2. The van der Waals surface area contributed by atoms with Crippen LogP contribution in [0.5, 0.6) is 0 Å². The smallest absolute Gasteiger partial charge is 0.180 e. The number of likely N-dealkylation sites (tertiary alicyclic amines) is 1. The summed E-state index contributed by atoms with van der Waals surface area (Å²) in [5.41, 5.74) is 4.48. The zero-order chi connectivity index (χ0) is 21.2. The Morgan fingerprint density at radius 3 is 2.90 bits per heavy atom. The summed E-state index contributed by atoms with van der Waals surface area (Å²) < 4.78 is 8.23. The van der Waals surface area contributed by atoms with Crippen LogP contribution in [0, 0.1) is 6.92 Å². The lowest BCUT2D eigenvalue weighted by Gasteiger charge is -2.25. The molecule has 0 aliphatic carbocycles. The van der Waals surface area contributed by atoms with Gasteiger partial charge in [-0.3, -0.25) is 14.0 Å². The monoisotopic (exact) mass is 436 g/mol. The van der Waals surface area contributed by atoms with Gasteiger partial charge < -0.3 is 10.1 Å². The van der Waals surface area contributed by atoms with E-state index in [9.17, 15) is 4.79 Å². The summed E-state index contributed by atoms with van der Waals surface area (Å²) in [6.45, 7) is 5.39. The second-order valence-corrected chi connectivity index (χ2v) is 8.63. The maximum absolute atomic E-state index is 10.8. The number of nitrogens with one attached hydrogen (secondary N) is 1.